The number of amides is 2. The number of benzene rings is 1. The zero-order valence-electron chi connectivity index (χ0n) is 10.7. The molecule has 19 heavy (non-hydrogen) atoms. The highest BCUT2D eigenvalue weighted by atomic mass is 35.5. The molecule has 5 nitrogen and oxygen atoms in total. The highest BCUT2D eigenvalue weighted by Crippen LogP contribution is 2.30. The summed E-state index contributed by atoms with van der Waals surface area (Å²) in [5, 5.41) is 12.2. The first kappa shape index (κ1) is 13.8. The van der Waals surface area contributed by atoms with Crippen LogP contribution in [0.5, 0.6) is 0 Å². The third-order valence-electron chi connectivity index (χ3n) is 3.19. The van der Waals surface area contributed by atoms with E-state index in [4.69, 9.17) is 11.6 Å². The first-order chi connectivity index (χ1) is 8.90. The summed E-state index contributed by atoms with van der Waals surface area (Å²) >= 11 is 6.17. The number of hydrogen-bond donors (Lipinski definition) is 2. The smallest absolute Gasteiger partial charge is 0.249 e. The Kier molecular flexibility index (Phi) is 3.78. The van der Waals surface area contributed by atoms with Crippen LogP contribution in [0.4, 0.5) is 5.69 Å². The number of halogens is 1. The Labute approximate surface area is 116 Å². The largest absolute Gasteiger partial charge is 0.389 e. The van der Waals surface area contributed by atoms with Gasteiger partial charge in [0.15, 0.2) is 0 Å². The van der Waals surface area contributed by atoms with E-state index in [9.17, 15) is 14.7 Å². The monoisotopic (exact) mass is 282 g/mol. The van der Waals surface area contributed by atoms with E-state index in [1.807, 2.05) is 0 Å². The molecule has 1 saturated heterocycles. The summed E-state index contributed by atoms with van der Waals surface area (Å²) in [4.78, 5) is 24.7. The summed E-state index contributed by atoms with van der Waals surface area (Å²) in [6, 6.07) is 4.63. The van der Waals surface area contributed by atoms with E-state index in [1.54, 1.807) is 36.9 Å². The van der Waals surface area contributed by atoms with Crippen molar-refractivity contribution in [3.05, 3.63) is 28.8 Å². The van der Waals surface area contributed by atoms with Crippen LogP contribution in [-0.4, -0.2) is 29.5 Å². The molecule has 2 atom stereocenters. The molecule has 6 heteroatoms. The number of nitrogens with one attached hydrogen (secondary N) is 1. The lowest BCUT2D eigenvalue weighted by Gasteiger charge is -2.34. The van der Waals surface area contributed by atoms with Crippen molar-refractivity contribution in [3.8, 4) is 0 Å². The fraction of sp³-hybridized carbons (Fsp3) is 0.385. The van der Waals surface area contributed by atoms with Crippen molar-refractivity contribution in [1.29, 1.82) is 0 Å². The average Bonchev–Trinajstić information content (AvgIpc) is 2.33. The van der Waals surface area contributed by atoms with Gasteiger partial charge in [-0.05, 0) is 31.5 Å². The summed E-state index contributed by atoms with van der Waals surface area (Å²) in [5.41, 5.74) is 1.30. The highest BCUT2D eigenvalue weighted by Gasteiger charge is 2.31. The average molecular weight is 283 g/mol. The second-order valence-electron chi connectivity index (χ2n) is 4.60. The van der Waals surface area contributed by atoms with Crippen LogP contribution in [0.2, 0.25) is 5.02 Å². The summed E-state index contributed by atoms with van der Waals surface area (Å²) < 4.78 is 0. The molecule has 1 aliphatic heterocycles. The number of piperazine rings is 1. The number of carbonyl (C=O) groups is 2. The first-order valence-electron chi connectivity index (χ1n) is 5.98. The number of anilines is 1. The van der Waals surface area contributed by atoms with Gasteiger partial charge in [0.2, 0.25) is 11.8 Å². The van der Waals surface area contributed by atoms with E-state index in [2.05, 4.69) is 5.32 Å². The lowest BCUT2D eigenvalue weighted by Crippen LogP contribution is -2.57. The Hall–Kier alpha value is -1.59. The van der Waals surface area contributed by atoms with Crippen LogP contribution in [0.1, 0.15) is 25.5 Å². The van der Waals surface area contributed by atoms with Gasteiger partial charge in [0.1, 0.15) is 6.04 Å². The molecule has 1 aliphatic rings. The van der Waals surface area contributed by atoms with Crippen molar-refractivity contribution in [3.63, 3.8) is 0 Å². The molecule has 102 valence electrons. The van der Waals surface area contributed by atoms with E-state index in [0.29, 0.717) is 16.3 Å². The highest BCUT2D eigenvalue weighted by molar-refractivity contribution is 6.33. The molecule has 0 aliphatic carbocycles. The minimum absolute atomic E-state index is 0.0840. The van der Waals surface area contributed by atoms with Gasteiger partial charge in [0.25, 0.3) is 0 Å². The number of nitrogens with zero attached hydrogens (tertiary/aromatic N) is 1. The molecular formula is C13H15ClN2O3. The molecule has 1 aromatic rings. The lowest BCUT2D eigenvalue weighted by molar-refractivity contribution is -0.132. The maximum Gasteiger partial charge on any atom is 0.249 e. The van der Waals surface area contributed by atoms with E-state index in [0.717, 1.165) is 0 Å². The zero-order valence-corrected chi connectivity index (χ0v) is 11.4. The standard InChI is InChI=1S/C13H15ClN2O3/c1-7-13(19)15-12(18)6-16(7)11-4-3-9(8(2)17)5-10(11)14/h3-5,7-8,17H,6H2,1-2H3,(H,15,18,19)/t7?,8-/m0/s1. The Morgan fingerprint density at radius 1 is 1.47 bits per heavy atom. The van der Waals surface area contributed by atoms with Gasteiger partial charge < -0.3 is 10.0 Å². The van der Waals surface area contributed by atoms with Gasteiger partial charge in [0.05, 0.1) is 23.4 Å². The minimum Gasteiger partial charge on any atom is -0.389 e. The Morgan fingerprint density at radius 3 is 2.74 bits per heavy atom. The third-order valence-corrected chi connectivity index (χ3v) is 3.49. The van der Waals surface area contributed by atoms with E-state index >= 15 is 0 Å². The van der Waals surface area contributed by atoms with Crippen molar-refractivity contribution in [2.45, 2.75) is 26.0 Å². The number of rotatable bonds is 2. The molecule has 0 radical (unpaired) electrons. The number of imide groups is 1. The molecule has 0 bridgehead atoms. The van der Waals surface area contributed by atoms with Gasteiger partial charge in [-0.25, -0.2) is 0 Å². The predicted molar refractivity (Wildman–Crippen MR) is 72.0 cm³/mol. The number of aliphatic hydroxyl groups is 1. The second kappa shape index (κ2) is 5.19. The molecule has 0 aromatic heterocycles. The number of carbonyl (C=O) groups excluding carboxylic acids is 2. The minimum atomic E-state index is -0.616. The van der Waals surface area contributed by atoms with Crippen LogP contribution in [-0.2, 0) is 9.59 Å². The first-order valence-corrected chi connectivity index (χ1v) is 6.36. The summed E-state index contributed by atoms with van der Waals surface area (Å²) in [6.45, 7) is 3.44. The summed E-state index contributed by atoms with van der Waals surface area (Å²) in [6.07, 6.45) is -0.616. The van der Waals surface area contributed by atoms with Crippen molar-refractivity contribution in [2.24, 2.45) is 0 Å². The Balaban J connectivity index is 2.35. The topological polar surface area (TPSA) is 69.6 Å². The quantitative estimate of drug-likeness (QED) is 0.801. The third kappa shape index (κ3) is 2.72. The molecule has 2 amide bonds. The molecule has 1 heterocycles. The van der Waals surface area contributed by atoms with Crippen molar-refractivity contribution in [1.82, 2.24) is 5.32 Å². The lowest BCUT2D eigenvalue weighted by atomic mass is 10.1. The van der Waals surface area contributed by atoms with Crippen LogP contribution < -0.4 is 10.2 Å². The van der Waals surface area contributed by atoms with Gasteiger partial charge in [-0.2, -0.15) is 0 Å². The molecule has 1 fully saturated rings. The zero-order chi connectivity index (χ0) is 14.2. The van der Waals surface area contributed by atoms with Gasteiger partial charge in [-0.3, -0.25) is 14.9 Å². The van der Waals surface area contributed by atoms with E-state index in [-0.39, 0.29) is 18.4 Å². The molecule has 1 unspecified atom stereocenters. The van der Waals surface area contributed by atoms with Gasteiger partial charge in [-0.15, -0.1) is 0 Å². The number of hydrogen-bond acceptors (Lipinski definition) is 4. The molecular weight excluding hydrogens is 268 g/mol. The molecule has 0 spiro atoms. The van der Waals surface area contributed by atoms with Gasteiger partial charge >= 0.3 is 0 Å². The molecule has 1 aromatic carbocycles. The van der Waals surface area contributed by atoms with E-state index < -0.39 is 12.1 Å². The summed E-state index contributed by atoms with van der Waals surface area (Å²) in [7, 11) is 0. The normalized spacial score (nSPS) is 21.3. The molecule has 2 rings (SSSR count). The van der Waals surface area contributed by atoms with Crippen LogP contribution in [0.25, 0.3) is 0 Å². The maximum atomic E-state index is 11.6. The Morgan fingerprint density at radius 2 is 2.16 bits per heavy atom. The van der Waals surface area contributed by atoms with Crippen LogP contribution in [0, 0.1) is 0 Å². The predicted octanol–water partition coefficient (Wildman–Crippen LogP) is 1.24. The van der Waals surface area contributed by atoms with E-state index in [1.165, 1.54) is 0 Å². The van der Waals surface area contributed by atoms with Gasteiger partial charge in [-0.1, -0.05) is 17.7 Å². The molecule has 2 N–H and O–H groups in total. The SMILES string of the molecule is CC1C(=O)NC(=O)CN1c1ccc([C@H](C)O)cc1Cl. The van der Waals surface area contributed by atoms with Crippen molar-refractivity contribution < 1.29 is 14.7 Å². The maximum absolute atomic E-state index is 11.6. The van der Waals surface area contributed by atoms with Crippen molar-refractivity contribution in [2.75, 3.05) is 11.4 Å². The van der Waals surface area contributed by atoms with Crippen LogP contribution >= 0.6 is 11.6 Å². The van der Waals surface area contributed by atoms with Crippen LogP contribution in [0.3, 0.4) is 0 Å². The second-order valence-corrected chi connectivity index (χ2v) is 5.01. The van der Waals surface area contributed by atoms with Crippen molar-refractivity contribution >= 4 is 29.1 Å². The number of aliphatic hydroxyl groups excluding tert-OH is 1. The Bertz CT molecular complexity index is 531. The fourth-order valence-electron chi connectivity index (χ4n) is 2.02. The van der Waals surface area contributed by atoms with Crippen LogP contribution in [0.15, 0.2) is 18.2 Å². The fourth-order valence-corrected chi connectivity index (χ4v) is 2.32. The summed E-state index contributed by atoms with van der Waals surface area (Å²) in [5.74, 6) is -0.689. The van der Waals surface area contributed by atoms with Gasteiger partial charge in [0, 0.05) is 0 Å². The molecule has 0 saturated carbocycles.